The summed E-state index contributed by atoms with van der Waals surface area (Å²) >= 11 is 0. The lowest BCUT2D eigenvalue weighted by Gasteiger charge is -2.25. The molecule has 1 fully saturated rings. The van der Waals surface area contributed by atoms with Crippen LogP contribution in [0.5, 0.6) is 0 Å². The second kappa shape index (κ2) is 7.43. The highest BCUT2D eigenvalue weighted by atomic mass is 32.2. The molecule has 1 aromatic carbocycles. The molecule has 1 saturated heterocycles. The van der Waals surface area contributed by atoms with E-state index in [1.165, 1.54) is 12.3 Å². The molecule has 0 spiro atoms. The number of halogens is 2. The summed E-state index contributed by atoms with van der Waals surface area (Å²) in [7, 11) is -2.12. The van der Waals surface area contributed by atoms with Crippen LogP contribution in [0.4, 0.5) is 20.3 Å². The molecule has 4 rings (SSSR count). The molecule has 1 unspecified atom stereocenters. The molecule has 3 aromatic rings. The number of benzene rings is 1. The highest BCUT2D eigenvalue weighted by molar-refractivity contribution is 7.92. The van der Waals surface area contributed by atoms with Crippen LogP contribution in [0.25, 0.3) is 0 Å². The van der Waals surface area contributed by atoms with Crippen molar-refractivity contribution >= 4 is 21.5 Å². The zero-order valence-electron chi connectivity index (χ0n) is 15.6. The Hall–Kier alpha value is -3.01. The number of pyridine rings is 1. The van der Waals surface area contributed by atoms with E-state index in [0.29, 0.717) is 5.82 Å². The van der Waals surface area contributed by atoms with Crippen LogP contribution in [0.3, 0.4) is 0 Å². The molecular formula is C19H19F2N5O2S. The van der Waals surface area contributed by atoms with Crippen LogP contribution < -0.4 is 9.62 Å². The standard InChI is InChI=1S/C19H19F2N5O2S/c1-25-12-13(10-23-25)18-3-2-8-26(18)19-7-5-15(11-22-19)29(27,28)24-14-4-6-16(20)17(21)9-14/h4-7,9-12,18,24H,2-3,8H2,1H3. The first kappa shape index (κ1) is 19.3. The van der Waals surface area contributed by atoms with Crippen molar-refractivity contribution in [3.8, 4) is 0 Å². The van der Waals surface area contributed by atoms with Crippen molar-refractivity contribution in [3.63, 3.8) is 0 Å². The second-order valence-corrected chi connectivity index (χ2v) is 8.57. The minimum atomic E-state index is -3.98. The molecule has 10 heteroatoms. The van der Waals surface area contributed by atoms with E-state index in [1.54, 1.807) is 10.7 Å². The van der Waals surface area contributed by atoms with Crippen LogP contribution in [-0.4, -0.2) is 29.7 Å². The highest BCUT2D eigenvalue weighted by Gasteiger charge is 2.28. The van der Waals surface area contributed by atoms with Gasteiger partial charge in [-0.25, -0.2) is 22.2 Å². The van der Waals surface area contributed by atoms with Crippen LogP contribution in [0.2, 0.25) is 0 Å². The topological polar surface area (TPSA) is 80.1 Å². The summed E-state index contributed by atoms with van der Waals surface area (Å²) < 4.78 is 55.4. The lowest BCUT2D eigenvalue weighted by molar-refractivity contribution is 0.509. The van der Waals surface area contributed by atoms with Crippen LogP contribution in [0, 0.1) is 11.6 Å². The maximum atomic E-state index is 13.3. The maximum Gasteiger partial charge on any atom is 0.263 e. The lowest BCUT2D eigenvalue weighted by Crippen LogP contribution is -2.23. The summed E-state index contributed by atoms with van der Waals surface area (Å²) in [5, 5.41) is 4.22. The summed E-state index contributed by atoms with van der Waals surface area (Å²) in [4.78, 5) is 6.38. The summed E-state index contributed by atoms with van der Waals surface area (Å²) in [5.41, 5.74) is 1.02. The monoisotopic (exact) mass is 419 g/mol. The van der Waals surface area contributed by atoms with Crippen molar-refractivity contribution < 1.29 is 17.2 Å². The molecule has 3 heterocycles. The summed E-state index contributed by atoms with van der Waals surface area (Å²) in [6, 6.07) is 6.04. The van der Waals surface area contributed by atoms with E-state index in [4.69, 9.17) is 0 Å². The predicted octanol–water partition coefficient (Wildman–Crippen LogP) is 3.24. The van der Waals surface area contributed by atoms with Gasteiger partial charge in [-0.05, 0) is 37.1 Å². The number of aryl methyl sites for hydroxylation is 1. The van der Waals surface area contributed by atoms with Crippen molar-refractivity contribution in [2.24, 2.45) is 7.05 Å². The van der Waals surface area contributed by atoms with E-state index >= 15 is 0 Å². The molecule has 1 atom stereocenters. The molecule has 0 saturated carbocycles. The number of sulfonamides is 1. The molecular weight excluding hydrogens is 400 g/mol. The summed E-state index contributed by atoms with van der Waals surface area (Å²) in [5.74, 6) is -1.51. The van der Waals surface area contributed by atoms with Gasteiger partial charge in [0.2, 0.25) is 0 Å². The Balaban J connectivity index is 1.54. The fourth-order valence-corrected chi connectivity index (χ4v) is 4.47. The molecule has 0 radical (unpaired) electrons. The third kappa shape index (κ3) is 3.93. The second-order valence-electron chi connectivity index (χ2n) is 6.89. The van der Waals surface area contributed by atoms with Crippen LogP contribution in [0.15, 0.2) is 53.8 Å². The maximum absolute atomic E-state index is 13.3. The minimum Gasteiger partial charge on any atom is -0.349 e. The van der Waals surface area contributed by atoms with Gasteiger partial charge in [-0.15, -0.1) is 0 Å². The first-order chi connectivity index (χ1) is 13.8. The quantitative estimate of drug-likeness (QED) is 0.687. The lowest BCUT2D eigenvalue weighted by atomic mass is 10.1. The van der Waals surface area contributed by atoms with E-state index in [2.05, 4.69) is 19.7 Å². The van der Waals surface area contributed by atoms with Gasteiger partial charge in [0.15, 0.2) is 11.6 Å². The first-order valence-electron chi connectivity index (χ1n) is 9.02. The average Bonchev–Trinajstić information content (AvgIpc) is 3.33. The Morgan fingerprint density at radius 2 is 1.97 bits per heavy atom. The summed E-state index contributed by atoms with van der Waals surface area (Å²) in [6.07, 6.45) is 7.02. The average molecular weight is 419 g/mol. The molecule has 2 aromatic heterocycles. The Morgan fingerprint density at radius 3 is 2.62 bits per heavy atom. The van der Waals surface area contributed by atoms with Gasteiger partial charge in [0.05, 0.1) is 17.9 Å². The Bertz CT molecular complexity index is 1130. The number of rotatable bonds is 5. The molecule has 1 aliphatic heterocycles. The van der Waals surface area contributed by atoms with Gasteiger partial charge in [-0.1, -0.05) is 0 Å². The van der Waals surface area contributed by atoms with Crippen LogP contribution in [-0.2, 0) is 17.1 Å². The van der Waals surface area contributed by atoms with Gasteiger partial charge >= 0.3 is 0 Å². The van der Waals surface area contributed by atoms with E-state index in [0.717, 1.165) is 43.1 Å². The molecule has 0 amide bonds. The normalized spacial score (nSPS) is 16.9. The van der Waals surface area contributed by atoms with Gasteiger partial charge in [-0.3, -0.25) is 9.40 Å². The van der Waals surface area contributed by atoms with E-state index in [1.807, 2.05) is 19.4 Å². The largest absolute Gasteiger partial charge is 0.349 e. The van der Waals surface area contributed by atoms with Gasteiger partial charge < -0.3 is 4.90 Å². The number of nitrogens with one attached hydrogen (secondary N) is 1. The summed E-state index contributed by atoms with van der Waals surface area (Å²) in [6.45, 7) is 0.811. The van der Waals surface area contributed by atoms with E-state index in [9.17, 15) is 17.2 Å². The molecule has 152 valence electrons. The Morgan fingerprint density at radius 1 is 1.14 bits per heavy atom. The first-order valence-corrected chi connectivity index (χ1v) is 10.5. The number of aromatic nitrogens is 3. The number of hydrogen-bond acceptors (Lipinski definition) is 5. The zero-order valence-corrected chi connectivity index (χ0v) is 16.4. The Labute approximate surface area is 167 Å². The van der Waals surface area contributed by atoms with Crippen molar-refractivity contribution in [1.82, 2.24) is 14.8 Å². The van der Waals surface area contributed by atoms with Gasteiger partial charge in [0, 0.05) is 37.6 Å². The zero-order chi connectivity index (χ0) is 20.6. The fourth-order valence-electron chi connectivity index (χ4n) is 3.47. The minimum absolute atomic E-state index is 0.0656. The molecule has 7 nitrogen and oxygen atoms in total. The fraction of sp³-hybridized carbons (Fsp3) is 0.263. The van der Waals surface area contributed by atoms with Gasteiger partial charge in [0.1, 0.15) is 10.7 Å². The third-order valence-electron chi connectivity index (χ3n) is 4.86. The third-order valence-corrected chi connectivity index (χ3v) is 6.23. The van der Waals surface area contributed by atoms with Gasteiger partial charge in [-0.2, -0.15) is 5.10 Å². The van der Waals surface area contributed by atoms with Gasteiger partial charge in [0.25, 0.3) is 10.0 Å². The Kier molecular flexibility index (Phi) is 4.95. The van der Waals surface area contributed by atoms with Crippen molar-refractivity contribution in [3.05, 3.63) is 66.1 Å². The predicted molar refractivity (Wildman–Crippen MR) is 104 cm³/mol. The molecule has 29 heavy (non-hydrogen) atoms. The van der Waals surface area contributed by atoms with Crippen molar-refractivity contribution in [2.75, 3.05) is 16.2 Å². The van der Waals surface area contributed by atoms with Crippen molar-refractivity contribution in [1.29, 1.82) is 0 Å². The molecule has 1 N–H and O–H groups in total. The smallest absolute Gasteiger partial charge is 0.263 e. The van der Waals surface area contributed by atoms with Crippen molar-refractivity contribution in [2.45, 2.75) is 23.8 Å². The van der Waals surface area contributed by atoms with Crippen LogP contribution in [0.1, 0.15) is 24.4 Å². The number of hydrogen-bond donors (Lipinski definition) is 1. The number of anilines is 2. The molecule has 0 bridgehead atoms. The number of nitrogens with zero attached hydrogens (tertiary/aromatic N) is 4. The SMILES string of the molecule is Cn1cc(C2CCCN2c2ccc(S(=O)(=O)Nc3ccc(F)c(F)c3)cn2)cn1. The highest BCUT2D eigenvalue weighted by Crippen LogP contribution is 2.35. The van der Waals surface area contributed by atoms with E-state index < -0.39 is 21.7 Å². The van der Waals surface area contributed by atoms with Crippen LogP contribution >= 0.6 is 0 Å². The molecule has 0 aliphatic carbocycles. The molecule has 1 aliphatic rings. The van der Waals surface area contributed by atoms with E-state index in [-0.39, 0.29) is 16.6 Å².